The normalized spacial score (nSPS) is 9.75. The molecular formula is C9H12N2O. The monoisotopic (exact) mass is 164 g/mol. The maximum absolute atomic E-state index is 8.72. The average Bonchev–Trinajstić information content (AvgIpc) is 2.43. The molecule has 0 aromatic carbocycles. The standard InChI is InChI=1S/C9H12N2O/c1-8-3-4-9(7-10)11(8)5-6-12-2/h3-4H,5-6H2,1-2H3. The molecule has 0 saturated carbocycles. The Labute approximate surface area is 72.2 Å². The van der Waals surface area contributed by atoms with E-state index in [1.54, 1.807) is 7.11 Å². The number of aryl methyl sites for hydroxylation is 1. The van der Waals surface area contributed by atoms with Gasteiger partial charge in [0.15, 0.2) is 0 Å². The van der Waals surface area contributed by atoms with Crippen LogP contribution in [0, 0.1) is 18.3 Å². The Hall–Kier alpha value is -1.27. The molecule has 0 fully saturated rings. The zero-order chi connectivity index (χ0) is 8.97. The van der Waals surface area contributed by atoms with E-state index in [2.05, 4.69) is 6.07 Å². The third-order valence-corrected chi connectivity index (χ3v) is 1.83. The van der Waals surface area contributed by atoms with Gasteiger partial charge in [0, 0.05) is 19.3 Å². The van der Waals surface area contributed by atoms with Crippen molar-refractivity contribution in [1.29, 1.82) is 5.26 Å². The van der Waals surface area contributed by atoms with Gasteiger partial charge < -0.3 is 9.30 Å². The third-order valence-electron chi connectivity index (χ3n) is 1.83. The van der Waals surface area contributed by atoms with Gasteiger partial charge in [-0.1, -0.05) is 0 Å². The van der Waals surface area contributed by atoms with Gasteiger partial charge in [-0.3, -0.25) is 0 Å². The molecule has 0 spiro atoms. The highest BCUT2D eigenvalue weighted by atomic mass is 16.5. The van der Waals surface area contributed by atoms with Crippen molar-refractivity contribution in [3.05, 3.63) is 23.5 Å². The molecule has 0 aliphatic heterocycles. The summed E-state index contributed by atoms with van der Waals surface area (Å²) in [6, 6.07) is 5.90. The van der Waals surface area contributed by atoms with Gasteiger partial charge in [0.1, 0.15) is 11.8 Å². The van der Waals surface area contributed by atoms with Gasteiger partial charge in [-0.15, -0.1) is 0 Å². The molecule has 0 N–H and O–H groups in total. The quantitative estimate of drug-likeness (QED) is 0.675. The van der Waals surface area contributed by atoms with Gasteiger partial charge >= 0.3 is 0 Å². The number of rotatable bonds is 3. The first-order valence-corrected chi connectivity index (χ1v) is 3.84. The van der Waals surface area contributed by atoms with Crippen molar-refractivity contribution < 1.29 is 4.74 Å². The average molecular weight is 164 g/mol. The summed E-state index contributed by atoms with van der Waals surface area (Å²) in [5, 5.41) is 8.72. The van der Waals surface area contributed by atoms with Crippen LogP contribution >= 0.6 is 0 Å². The zero-order valence-electron chi connectivity index (χ0n) is 7.37. The highest BCUT2D eigenvalue weighted by Crippen LogP contribution is 2.06. The van der Waals surface area contributed by atoms with E-state index in [0.29, 0.717) is 12.3 Å². The van der Waals surface area contributed by atoms with Crippen molar-refractivity contribution in [2.75, 3.05) is 13.7 Å². The molecule has 64 valence electrons. The lowest BCUT2D eigenvalue weighted by molar-refractivity contribution is 0.186. The molecule has 0 bridgehead atoms. The zero-order valence-corrected chi connectivity index (χ0v) is 7.37. The van der Waals surface area contributed by atoms with Crippen molar-refractivity contribution in [3.8, 4) is 6.07 Å². The van der Waals surface area contributed by atoms with Crippen molar-refractivity contribution in [1.82, 2.24) is 4.57 Å². The third kappa shape index (κ3) is 1.66. The van der Waals surface area contributed by atoms with Crippen LogP contribution in [0.1, 0.15) is 11.4 Å². The van der Waals surface area contributed by atoms with E-state index in [-0.39, 0.29) is 0 Å². The van der Waals surface area contributed by atoms with Gasteiger partial charge in [0.2, 0.25) is 0 Å². The molecule has 3 heteroatoms. The van der Waals surface area contributed by atoms with Gasteiger partial charge in [0.05, 0.1) is 6.61 Å². The Balaban J connectivity index is 2.81. The molecule has 1 aromatic heterocycles. The molecule has 3 nitrogen and oxygen atoms in total. The van der Waals surface area contributed by atoms with Crippen LogP contribution in [0.3, 0.4) is 0 Å². The van der Waals surface area contributed by atoms with E-state index in [4.69, 9.17) is 10.00 Å². The summed E-state index contributed by atoms with van der Waals surface area (Å²) >= 11 is 0. The molecule has 12 heavy (non-hydrogen) atoms. The van der Waals surface area contributed by atoms with Crippen LogP contribution in [0.25, 0.3) is 0 Å². The molecule has 1 aromatic rings. The molecule has 1 rings (SSSR count). The molecule has 0 aliphatic rings. The summed E-state index contributed by atoms with van der Waals surface area (Å²) < 4.78 is 6.89. The molecule has 1 heterocycles. The SMILES string of the molecule is COCCn1c(C)ccc1C#N. The minimum Gasteiger partial charge on any atom is -0.383 e. The second kappa shape index (κ2) is 3.93. The van der Waals surface area contributed by atoms with E-state index in [1.165, 1.54) is 0 Å². The number of ether oxygens (including phenoxy) is 1. The fraction of sp³-hybridized carbons (Fsp3) is 0.444. The lowest BCUT2D eigenvalue weighted by atomic mass is 10.4. The van der Waals surface area contributed by atoms with Gasteiger partial charge in [-0.2, -0.15) is 5.26 Å². The fourth-order valence-corrected chi connectivity index (χ4v) is 1.15. The summed E-state index contributed by atoms with van der Waals surface area (Å²) in [5.41, 5.74) is 1.80. The summed E-state index contributed by atoms with van der Waals surface area (Å²) in [5.74, 6) is 0. The Morgan fingerprint density at radius 1 is 1.58 bits per heavy atom. The Kier molecular flexibility index (Phi) is 2.89. The smallest absolute Gasteiger partial charge is 0.120 e. The maximum Gasteiger partial charge on any atom is 0.120 e. The predicted molar refractivity (Wildman–Crippen MR) is 45.8 cm³/mol. The number of hydrogen-bond acceptors (Lipinski definition) is 2. The minimum absolute atomic E-state index is 0.643. The van der Waals surface area contributed by atoms with E-state index in [9.17, 15) is 0 Å². The highest BCUT2D eigenvalue weighted by molar-refractivity contribution is 5.26. The van der Waals surface area contributed by atoms with Crippen LogP contribution in [0.15, 0.2) is 12.1 Å². The van der Waals surface area contributed by atoms with E-state index in [0.717, 1.165) is 12.2 Å². The predicted octanol–water partition coefficient (Wildman–Crippen LogP) is 1.31. The van der Waals surface area contributed by atoms with Crippen LogP contribution in [-0.4, -0.2) is 18.3 Å². The first-order chi connectivity index (χ1) is 5.79. The van der Waals surface area contributed by atoms with Gasteiger partial charge in [-0.25, -0.2) is 0 Å². The summed E-state index contributed by atoms with van der Waals surface area (Å²) in [6.45, 7) is 3.37. The second-order valence-corrected chi connectivity index (χ2v) is 2.62. The lowest BCUT2D eigenvalue weighted by Crippen LogP contribution is -2.07. The van der Waals surface area contributed by atoms with Crippen molar-refractivity contribution in [2.45, 2.75) is 13.5 Å². The molecular weight excluding hydrogens is 152 g/mol. The van der Waals surface area contributed by atoms with Crippen molar-refractivity contribution in [2.24, 2.45) is 0 Å². The van der Waals surface area contributed by atoms with E-state index >= 15 is 0 Å². The summed E-state index contributed by atoms with van der Waals surface area (Å²) in [4.78, 5) is 0. The topological polar surface area (TPSA) is 38.0 Å². The number of hydrogen-bond donors (Lipinski definition) is 0. The van der Waals surface area contributed by atoms with Crippen LogP contribution in [0.5, 0.6) is 0 Å². The van der Waals surface area contributed by atoms with Crippen molar-refractivity contribution >= 4 is 0 Å². The number of aromatic nitrogens is 1. The first kappa shape index (κ1) is 8.82. The Morgan fingerprint density at radius 2 is 2.33 bits per heavy atom. The van der Waals surface area contributed by atoms with Crippen LogP contribution in [0.2, 0.25) is 0 Å². The second-order valence-electron chi connectivity index (χ2n) is 2.62. The van der Waals surface area contributed by atoms with Gasteiger partial charge in [0.25, 0.3) is 0 Å². The number of nitriles is 1. The molecule has 0 saturated heterocycles. The highest BCUT2D eigenvalue weighted by Gasteiger charge is 2.02. The van der Waals surface area contributed by atoms with Crippen LogP contribution < -0.4 is 0 Å². The number of nitrogens with zero attached hydrogens (tertiary/aromatic N) is 2. The van der Waals surface area contributed by atoms with Crippen molar-refractivity contribution in [3.63, 3.8) is 0 Å². The largest absolute Gasteiger partial charge is 0.383 e. The Morgan fingerprint density at radius 3 is 2.92 bits per heavy atom. The van der Waals surface area contributed by atoms with Crippen LogP contribution in [0.4, 0.5) is 0 Å². The first-order valence-electron chi connectivity index (χ1n) is 3.84. The minimum atomic E-state index is 0.643. The fourth-order valence-electron chi connectivity index (χ4n) is 1.15. The summed E-state index contributed by atoms with van der Waals surface area (Å²) in [7, 11) is 1.66. The summed E-state index contributed by atoms with van der Waals surface area (Å²) in [6.07, 6.45) is 0. The molecule has 0 atom stereocenters. The molecule has 0 unspecified atom stereocenters. The van der Waals surface area contributed by atoms with E-state index in [1.807, 2.05) is 23.6 Å². The molecule has 0 amide bonds. The number of methoxy groups -OCH3 is 1. The van der Waals surface area contributed by atoms with E-state index < -0.39 is 0 Å². The molecule has 0 aliphatic carbocycles. The van der Waals surface area contributed by atoms with Gasteiger partial charge in [-0.05, 0) is 19.1 Å². The van der Waals surface area contributed by atoms with Crippen LogP contribution in [-0.2, 0) is 11.3 Å². The maximum atomic E-state index is 8.72. The molecule has 0 radical (unpaired) electrons. The lowest BCUT2D eigenvalue weighted by Gasteiger charge is -2.05. The Bertz CT molecular complexity index is 296.